The maximum Gasteiger partial charge on any atom is 0.337 e. The number of carbonyl (C=O) groups is 1. The fourth-order valence-electron chi connectivity index (χ4n) is 5.28. The molecule has 1 saturated heterocycles. The van der Waals surface area contributed by atoms with Gasteiger partial charge in [-0.1, -0.05) is 25.1 Å². The first-order chi connectivity index (χ1) is 13.5. The van der Waals surface area contributed by atoms with Crippen molar-refractivity contribution < 1.29 is 18.9 Å². The molecule has 4 rings (SSSR count). The second-order valence-corrected chi connectivity index (χ2v) is 8.00. The third-order valence-electron chi connectivity index (χ3n) is 6.67. The number of ether oxygens (including phenoxy) is 2. The van der Waals surface area contributed by atoms with Crippen LogP contribution in [0.15, 0.2) is 36.1 Å². The van der Waals surface area contributed by atoms with Gasteiger partial charge in [-0.25, -0.2) is 4.79 Å². The van der Waals surface area contributed by atoms with Crippen molar-refractivity contribution in [3.8, 4) is 0 Å². The summed E-state index contributed by atoms with van der Waals surface area (Å²) in [5.41, 5.74) is 3.92. The van der Waals surface area contributed by atoms with Crippen LogP contribution in [0.5, 0.6) is 0 Å². The number of rotatable bonds is 4. The van der Waals surface area contributed by atoms with Crippen LogP contribution in [0.1, 0.15) is 37.1 Å². The summed E-state index contributed by atoms with van der Waals surface area (Å²) in [6.45, 7) is 3.19. The van der Waals surface area contributed by atoms with Crippen molar-refractivity contribution in [1.29, 1.82) is 0 Å². The molecule has 4 atom stereocenters. The third kappa shape index (κ3) is 2.91. The Morgan fingerprint density at radius 2 is 2.14 bits per heavy atom. The molecule has 0 radical (unpaired) electrons. The monoisotopic (exact) mass is 384 g/mol. The number of carbonyl (C=O) groups excluding carboxylic acids is 1. The second kappa shape index (κ2) is 7.26. The number of fused-ring (bicyclic) bond motifs is 5. The van der Waals surface area contributed by atoms with Crippen LogP contribution < -0.4 is 0 Å². The fourth-order valence-corrected chi connectivity index (χ4v) is 5.28. The summed E-state index contributed by atoms with van der Waals surface area (Å²) in [6.07, 6.45) is 3.75. The van der Waals surface area contributed by atoms with Gasteiger partial charge in [0.15, 0.2) is 0 Å². The zero-order valence-electron chi connectivity index (χ0n) is 16.7. The average molecular weight is 384 g/mol. The van der Waals surface area contributed by atoms with Crippen LogP contribution in [0.4, 0.5) is 0 Å². The number of aromatic amines is 1. The van der Waals surface area contributed by atoms with Crippen molar-refractivity contribution in [2.24, 2.45) is 11.8 Å². The largest absolute Gasteiger partial charge is 0.632 e. The van der Waals surface area contributed by atoms with Gasteiger partial charge in [0, 0.05) is 35.6 Å². The Hall–Kier alpha value is -2.31. The zero-order valence-corrected chi connectivity index (χ0v) is 16.7. The highest BCUT2D eigenvalue weighted by Gasteiger charge is 2.48. The second-order valence-electron chi connectivity index (χ2n) is 8.00. The van der Waals surface area contributed by atoms with Crippen molar-refractivity contribution in [2.75, 3.05) is 27.3 Å². The average Bonchev–Trinajstić information content (AvgIpc) is 3.09. The molecule has 0 amide bonds. The lowest BCUT2D eigenvalue weighted by Gasteiger charge is -2.57. The van der Waals surface area contributed by atoms with Crippen LogP contribution in [0.3, 0.4) is 0 Å². The predicted octanol–water partition coefficient (Wildman–Crippen LogP) is 3.83. The molecular weight excluding hydrogens is 356 g/mol. The van der Waals surface area contributed by atoms with Crippen LogP contribution in [0, 0.1) is 17.0 Å². The lowest BCUT2D eigenvalue weighted by atomic mass is 9.73. The molecule has 6 heteroatoms. The number of hydroxylamine groups is 3. The first-order valence-corrected chi connectivity index (χ1v) is 10.0. The number of piperidine rings is 1. The first kappa shape index (κ1) is 19.0. The van der Waals surface area contributed by atoms with E-state index in [1.807, 2.05) is 12.1 Å². The van der Waals surface area contributed by atoms with Gasteiger partial charge in [-0.3, -0.25) is 0 Å². The van der Waals surface area contributed by atoms with Gasteiger partial charge >= 0.3 is 5.97 Å². The molecular formula is C22H28N2O4. The van der Waals surface area contributed by atoms with Crippen LogP contribution >= 0.6 is 0 Å². The number of nitrogens with zero attached hydrogens (tertiary/aromatic N) is 1. The number of nitrogens with one attached hydrogen (secondary N) is 1. The van der Waals surface area contributed by atoms with E-state index in [1.165, 1.54) is 31.4 Å². The minimum absolute atomic E-state index is 0.0556. The number of hydrogen-bond donors (Lipinski definition) is 1. The third-order valence-corrected chi connectivity index (χ3v) is 6.67. The molecule has 28 heavy (non-hydrogen) atoms. The van der Waals surface area contributed by atoms with E-state index < -0.39 is 0 Å². The number of H-pyrrole nitrogens is 1. The number of quaternary nitrogens is 1. The van der Waals surface area contributed by atoms with Crippen LogP contribution in [-0.2, 0) is 20.7 Å². The quantitative estimate of drug-likeness (QED) is 0.286. The van der Waals surface area contributed by atoms with Crippen molar-refractivity contribution in [2.45, 2.75) is 32.2 Å². The van der Waals surface area contributed by atoms with Gasteiger partial charge in [0.05, 0.1) is 44.8 Å². The van der Waals surface area contributed by atoms with E-state index in [4.69, 9.17) is 9.47 Å². The summed E-state index contributed by atoms with van der Waals surface area (Å²) in [5.74, 6) is -0.302. The summed E-state index contributed by atoms with van der Waals surface area (Å²) in [5, 5.41) is 15.0. The Kier molecular flexibility index (Phi) is 4.93. The summed E-state index contributed by atoms with van der Waals surface area (Å²) >= 11 is 0. The van der Waals surface area contributed by atoms with Gasteiger partial charge in [0.2, 0.25) is 0 Å². The van der Waals surface area contributed by atoms with Crippen molar-refractivity contribution in [3.05, 3.63) is 52.6 Å². The lowest BCUT2D eigenvalue weighted by molar-refractivity contribution is -0.924. The Balaban J connectivity index is 1.78. The lowest BCUT2D eigenvalue weighted by Crippen LogP contribution is -2.57. The molecule has 150 valence electrons. The number of methoxy groups -OCH3 is 2. The van der Waals surface area contributed by atoms with E-state index in [-0.39, 0.29) is 28.5 Å². The van der Waals surface area contributed by atoms with Gasteiger partial charge in [-0.05, 0) is 18.1 Å². The van der Waals surface area contributed by atoms with Crippen molar-refractivity contribution >= 4 is 16.9 Å². The van der Waals surface area contributed by atoms with E-state index in [1.54, 1.807) is 0 Å². The minimum atomic E-state index is -0.371. The number of esters is 1. The molecule has 0 aliphatic carbocycles. The molecule has 2 aliphatic rings. The van der Waals surface area contributed by atoms with Crippen LogP contribution in [0.2, 0.25) is 0 Å². The van der Waals surface area contributed by atoms with Gasteiger partial charge in [0.25, 0.3) is 0 Å². The first-order valence-electron chi connectivity index (χ1n) is 10.0. The van der Waals surface area contributed by atoms with E-state index in [0.717, 1.165) is 24.1 Å². The van der Waals surface area contributed by atoms with Gasteiger partial charge in [-0.2, -0.15) is 0 Å². The standard InChI is InChI=1S/C22H28N2O4/c1-4-14-12-24(26)10-9-16-15-7-5-6-8-19(15)23-21(16)20(24)11-17(14)18(13-27-2)22(25)28-3/h5-8,13-14,17,20,23H,4,9-12H2,1-3H3/b18-13+/t14-,17+,20+,24+/m0/s1. The Labute approximate surface area is 165 Å². The Morgan fingerprint density at radius 3 is 2.86 bits per heavy atom. The molecule has 0 bridgehead atoms. The van der Waals surface area contributed by atoms with Crippen LogP contribution in [-0.4, -0.2) is 42.9 Å². The fraction of sp³-hybridized carbons (Fsp3) is 0.500. The maximum absolute atomic E-state index is 13.8. The molecule has 1 aromatic heterocycles. The SMILES string of the molecule is CC[C@H]1C[N@+]2([O-])CCc3c([nH]c4ccccc34)[C@H]2C[C@H]1/C(=C\OC)C(=O)OC. The maximum atomic E-state index is 13.8. The number of para-hydroxylation sites is 1. The van der Waals surface area contributed by atoms with E-state index >= 15 is 0 Å². The summed E-state index contributed by atoms with van der Waals surface area (Å²) in [7, 11) is 2.93. The molecule has 3 heterocycles. The Bertz CT molecular complexity index is 918. The summed E-state index contributed by atoms with van der Waals surface area (Å²) in [4.78, 5) is 16.0. The molecule has 1 N–H and O–H groups in total. The summed E-state index contributed by atoms with van der Waals surface area (Å²) in [6, 6.07) is 8.03. The summed E-state index contributed by atoms with van der Waals surface area (Å²) < 4.78 is 10.00. The normalized spacial score (nSPS) is 29.9. The zero-order chi connectivity index (χ0) is 19.9. The van der Waals surface area contributed by atoms with Gasteiger partial charge in [0.1, 0.15) is 6.04 Å². The number of aromatic nitrogens is 1. The molecule has 1 fully saturated rings. The minimum Gasteiger partial charge on any atom is -0.632 e. The molecule has 0 unspecified atom stereocenters. The molecule has 2 aliphatic heterocycles. The molecule has 0 saturated carbocycles. The smallest absolute Gasteiger partial charge is 0.337 e. The predicted molar refractivity (Wildman–Crippen MR) is 107 cm³/mol. The van der Waals surface area contributed by atoms with E-state index in [2.05, 4.69) is 24.0 Å². The topological polar surface area (TPSA) is 74.4 Å². The van der Waals surface area contributed by atoms with Crippen molar-refractivity contribution in [1.82, 2.24) is 4.98 Å². The molecule has 0 spiro atoms. The number of benzene rings is 1. The van der Waals surface area contributed by atoms with E-state index in [0.29, 0.717) is 25.1 Å². The van der Waals surface area contributed by atoms with E-state index in [9.17, 15) is 10.0 Å². The Morgan fingerprint density at radius 1 is 1.36 bits per heavy atom. The highest BCUT2D eigenvalue weighted by molar-refractivity contribution is 5.89. The molecule has 6 nitrogen and oxygen atoms in total. The molecule has 2 aromatic rings. The molecule has 1 aromatic carbocycles. The van der Waals surface area contributed by atoms with Crippen LogP contribution in [0.25, 0.3) is 10.9 Å². The highest BCUT2D eigenvalue weighted by atomic mass is 16.5. The van der Waals surface area contributed by atoms with Gasteiger partial charge in [-0.15, -0.1) is 0 Å². The van der Waals surface area contributed by atoms with Crippen molar-refractivity contribution in [3.63, 3.8) is 0 Å². The van der Waals surface area contributed by atoms with Gasteiger partial charge < -0.3 is 24.3 Å². The highest BCUT2D eigenvalue weighted by Crippen LogP contribution is 2.49. The number of hydrogen-bond acceptors (Lipinski definition) is 4.